The molecule has 1 aliphatic carbocycles. The zero-order chi connectivity index (χ0) is 18.6. The monoisotopic (exact) mass is 375 g/mol. The van der Waals surface area contributed by atoms with Gasteiger partial charge in [0.2, 0.25) is 5.91 Å². The average molecular weight is 375 g/mol. The van der Waals surface area contributed by atoms with E-state index >= 15 is 0 Å². The highest BCUT2D eigenvalue weighted by Gasteiger charge is 2.32. The fourth-order valence-electron chi connectivity index (χ4n) is 3.43. The van der Waals surface area contributed by atoms with Gasteiger partial charge in [0.05, 0.1) is 11.2 Å². The van der Waals surface area contributed by atoms with Gasteiger partial charge in [0.1, 0.15) is 11.0 Å². The summed E-state index contributed by atoms with van der Waals surface area (Å²) in [4.78, 5) is 12.7. The van der Waals surface area contributed by atoms with Crippen LogP contribution in [0.2, 0.25) is 0 Å². The van der Waals surface area contributed by atoms with E-state index in [0.717, 1.165) is 31.2 Å². The van der Waals surface area contributed by atoms with E-state index in [-0.39, 0.29) is 23.3 Å². The van der Waals surface area contributed by atoms with Gasteiger partial charge in [0, 0.05) is 12.5 Å². The summed E-state index contributed by atoms with van der Waals surface area (Å²) in [6.07, 6.45) is 6.49. The van der Waals surface area contributed by atoms with E-state index in [1.807, 2.05) is 6.92 Å². The minimum Gasteiger partial charge on any atom is -0.468 e. The molecule has 1 saturated carbocycles. The molecule has 1 aromatic carbocycles. The molecule has 26 heavy (non-hydrogen) atoms. The van der Waals surface area contributed by atoms with Gasteiger partial charge in [-0.2, -0.15) is 0 Å². The standard InChI is InChI=1S/C20H25NO4S/c1-15-9-11-17(12-10-15)26(23,24)19(18-8-5-13-25-18)14-21-20(22)16-6-3-2-4-7-16/h5,8-13,16,19H,2-4,6-7,14H2,1H3,(H,21,22). The molecule has 1 amide bonds. The molecule has 1 aromatic heterocycles. The fraction of sp³-hybridized carbons (Fsp3) is 0.450. The van der Waals surface area contributed by atoms with Crippen molar-refractivity contribution in [2.24, 2.45) is 5.92 Å². The van der Waals surface area contributed by atoms with Gasteiger partial charge in [-0.1, -0.05) is 37.0 Å². The highest BCUT2D eigenvalue weighted by Crippen LogP contribution is 2.30. The summed E-state index contributed by atoms with van der Waals surface area (Å²) in [5, 5.41) is 1.91. The molecule has 1 unspecified atom stereocenters. The zero-order valence-electron chi connectivity index (χ0n) is 15.0. The molecule has 6 heteroatoms. The number of hydrogen-bond acceptors (Lipinski definition) is 4. The number of benzene rings is 1. The Morgan fingerprint density at radius 3 is 2.46 bits per heavy atom. The first-order valence-electron chi connectivity index (χ1n) is 9.10. The Kier molecular flexibility index (Phi) is 5.81. The summed E-state index contributed by atoms with van der Waals surface area (Å²) in [5.41, 5.74) is 0.990. The predicted octanol–water partition coefficient (Wildman–Crippen LogP) is 3.80. The van der Waals surface area contributed by atoms with E-state index in [1.54, 1.807) is 36.4 Å². The third-order valence-electron chi connectivity index (χ3n) is 5.02. The second-order valence-corrected chi connectivity index (χ2v) is 9.07. The van der Waals surface area contributed by atoms with Crippen LogP contribution >= 0.6 is 0 Å². The number of aryl methyl sites for hydroxylation is 1. The Morgan fingerprint density at radius 2 is 1.85 bits per heavy atom. The van der Waals surface area contributed by atoms with Crippen molar-refractivity contribution in [3.8, 4) is 0 Å². The molecule has 0 spiro atoms. The van der Waals surface area contributed by atoms with Crippen molar-refractivity contribution in [3.63, 3.8) is 0 Å². The van der Waals surface area contributed by atoms with Crippen LogP contribution in [-0.4, -0.2) is 20.9 Å². The molecule has 3 rings (SSSR count). The van der Waals surface area contributed by atoms with Crippen LogP contribution in [0.4, 0.5) is 0 Å². The quantitative estimate of drug-likeness (QED) is 0.833. The van der Waals surface area contributed by atoms with Crippen LogP contribution < -0.4 is 5.32 Å². The molecule has 0 bridgehead atoms. The Hall–Kier alpha value is -2.08. The maximum absolute atomic E-state index is 13.1. The molecule has 0 saturated heterocycles. The number of rotatable bonds is 6. The van der Waals surface area contributed by atoms with Gasteiger partial charge in [-0.3, -0.25) is 4.79 Å². The highest BCUT2D eigenvalue weighted by atomic mass is 32.2. The smallest absolute Gasteiger partial charge is 0.223 e. The summed E-state index contributed by atoms with van der Waals surface area (Å²) < 4.78 is 31.6. The molecule has 140 valence electrons. The van der Waals surface area contributed by atoms with E-state index in [9.17, 15) is 13.2 Å². The Bertz CT molecular complexity index is 819. The van der Waals surface area contributed by atoms with Crippen LogP contribution in [0.3, 0.4) is 0 Å². The highest BCUT2D eigenvalue weighted by molar-refractivity contribution is 7.91. The molecular formula is C20H25NO4S. The molecule has 1 N–H and O–H groups in total. The summed E-state index contributed by atoms with van der Waals surface area (Å²) in [7, 11) is -3.68. The lowest BCUT2D eigenvalue weighted by atomic mass is 9.89. The van der Waals surface area contributed by atoms with Crippen LogP contribution in [0.5, 0.6) is 0 Å². The largest absolute Gasteiger partial charge is 0.468 e. The van der Waals surface area contributed by atoms with Crippen LogP contribution in [0.15, 0.2) is 52.0 Å². The van der Waals surface area contributed by atoms with Gasteiger partial charge in [-0.15, -0.1) is 0 Å². The molecule has 1 heterocycles. The summed E-state index contributed by atoms with van der Waals surface area (Å²) in [6.45, 7) is 1.92. The first-order valence-corrected chi connectivity index (χ1v) is 10.6. The van der Waals surface area contributed by atoms with Crippen LogP contribution in [0.25, 0.3) is 0 Å². The van der Waals surface area contributed by atoms with Crippen molar-refractivity contribution in [3.05, 3.63) is 54.0 Å². The van der Waals surface area contributed by atoms with Gasteiger partial charge < -0.3 is 9.73 Å². The minimum absolute atomic E-state index is 0.0110. The van der Waals surface area contributed by atoms with Crippen molar-refractivity contribution in [1.29, 1.82) is 0 Å². The number of furan rings is 1. The minimum atomic E-state index is -3.68. The zero-order valence-corrected chi connectivity index (χ0v) is 15.8. The lowest BCUT2D eigenvalue weighted by molar-refractivity contribution is -0.125. The second kappa shape index (κ2) is 8.08. The lowest BCUT2D eigenvalue weighted by Crippen LogP contribution is -2.36. The van der Waals surface area contributed by atoms with Gasteiger partial charge in [-0.25, -0.2) is 8.42 Å². The number of nitrogens with one attached hydrogen (secondary N) is 1. The number of amides is 1. The molecule has 1 atom stereocenters. The number of sulfone groups is 1. The van der Waals surface area contributed by atoms with Gasteiger partial charge in [0.15, 0.2) is 9.84 Å². The number of carbonyl (C=O) groups excluding carboxylic acids is 1. The Labute approximate surface area is 154 Å². The predicted molar refractivity (Wildman–Crippen MR) is 99.4 cm³/mol. The molecule has 5 nitrogen and oxygen atoms in total. The SMILES string of the molecule is Cc1ccc(S(=O)(=O)C(CNC(=O)C2CCCCC2)c2ccco2)cc1. The van der Waals surface area contributed by atoms with E-state index in [4.69, 9.17) is 4.42 Å². The molecular weight excluding hydrogens is 350 g/mol. The Morgan fingerprint density at radius 1 is 1.15 bits per heavy atom. The normalized spacial score (nSPS) is 17.0. The maximum atomic E-state index is 13.1. The van der Waals surface area contributed by atoms with E-state index in [0.29, 0.717) is 5.76 Å². The van der Waals surface area contributed by atoms with Gasteiger partial charge >= 0.3 is 0 Å². The van der Waals surface area contributed by atoms with Crippen LogP contribution in [0, 0.1) is 12.8 Å². The van der Waals surface area contributed by atoms with Crippen molar-refractivity contribution < 1.29 is 17.6 Å². The molecule has 0 aliphatic heterocycles. The maximum Gasteiger partial charge on any atom is 0.223 e. The topological polar surface area (TPSA) is 76.4 Å². The molecule has 0 radical (unpaired) electrons. The van der Waals surface area contributed by atoms with Crippen molar-refractivity contribution in [2.45, 2.75) is 49.2 Å². The third kappa shape index (κ3) is 4.18. The van der Waals surface area contributed by atoms with Crippen LogP contribution in [0.1, 0.15) is 48.7 Å². The average Bonchev–Trinajstić information content (AvgIpc) is 3.17. The summed E-state index contributed by atoms with van der Waals surface area (Å²) in [6, 6.07) is 10.0. The fourth-order valence-corrected chi connectivity index (χ4v) is 5.02. The number of hydrogen-bond donors (Lipinski definition) is 1. The van der Waals surface area contributed by atoms with Crippen molar-refractivity contribution >= 4 is 15.7 Å². The van der Waals surface area contributed by atoms with E-state index < -0.39 is 15.1 Å². The third-order valence-corrected chi connectivity index (χ3v) is 7.10. The molecule has 1 aliphatic rings. The first-order chi connectivity index (χ1) is 12.5. The second-order valence-electron chi connectivity index (χ2n) is 6.94. The number of carbonyl (C=O) groups is 1. The van der Waals surface area contributed by atoms with E-state index in [2.05, 4.69) is 5.32 Å². The summed E-state index contributed by atoms with van der Waals surface area (Å²) >= 11 is 0. The van der Waals surface area contributed by atoms with Gasteiger partial charge in [-0.05, 0) is 44.0 Å². The van der Waals surface area contributed by atoms with Gasteiger partial charge in [0.25, 0.3) is 0 Å². The lowest BCUT2D eigenvalue weighted by Gasteiger charge is -2.22. The summed E-state index contributed by atoms with van der Waals surface area (Å²) in [5.74, 6) is 0.276. The first kappa shape index (κ1) is 18.7. The molecule has 1 fully saturated rings. The van der Waals surface area contributed by atoms with Crippen molar-refractivity contribution in [1.82, 2.24) is 5.32 Å². The van der Waals surface area contributed by atoms with Crippen molar-refractivity contribution in [2.75, 3.05) is 6.54 Å². The van der Waals surface area contributed by atoms with Crippen LogP contribution in [-0.2, 0) is 14.6 Å². The van der Waals surface area contributed by atoms with E-state index in [1.165, 1.54) is 12.7 Å². The Balaban J connectivity index is 1.79. The molecule has 2 aromatic rings.